The molecule has 11 nitrogen and oxygen atoms in total. The minimum Gasteiger partial charge on any atom is -0.871 e. The Kier molecular flexibility index (Phi) is 17.3. The fourth-order valence-corrected chi connectivity index (χ4v) is 5.66. The molecule has 3 aromatic carbocycles. The molecule has 2 N–H and O–H groups in total. The van der Waals surface area contributed by atoms with Gasteiger partial charge in [0.05, 0.1) is 7.32 Å². The van der Waals surface area contributed by atoms with Crippen molar-refractivity contribution in [3.05, 3.63) is 181 Å². The molecule has 0 spiro atoms. The van der Waals surface area contributed by atoms with Crippen LogP contribution in [0.2, 0.25) is 0 Å². The van der Waals surface area contributed by atoms with Crippen molar-refractivity contribution < 1.29 is 53.6 Å². The van der Waals surface area contributed by atoms with Crippen LogP contribution in [0, 0.1) is 0 Å². The van der Waals surface area contributed by atoms with Crippen LogP contribution in [-0.4, -0.2) is 49.3 Å². The van der Waals surface area contributed by atoms with Crippen LogP contribution >= 0.6 is 0 Å². The van der Waals surface area contributed by atoms with Crippen LogP contribution in [0.25, 0.3) is 11.1 Å². The number of carboxylic acids is 2. The number of carboxylic acid groups (broad SMARTS) is 2. The molecule has 0 aliphatic rings. The first kappa shape index (κ1) is 42.3. The first-order chi connectivity index (χ1) is 26.1. The van der Waals surface area contributed by atoms with E-state index in [0.717, 1.165) is 6.42 Å². The third kappa shape index (κ3) is 12.0. The Hall–Kier alpha value is -6.08. The van der Waals surface area contributed by atoms with Crippen molar-refractivity contribution >= 4 is 30.4 Å². The van der Waals surface area contributed by atoms with Crippen molar-refractivity contribution in [1.29, 1.82) is 0 Å². The normalized spacial score (nSPS) is 10.4. The highest BCUT2D eigenvalue weighted by atomic mass is 16.7. The highest BCUT2D eigenvalue weighted by molar-refractivity contribution is 6.28. The van der Waals surface area contributed by atoms with Gasteiger partial charge in [-0.05, 0) is 55.5 Å². The Morgan fingerprint density at radius 2 is 0.981 bits per heavy atom. The zero-order valence-electron chi connectivity index (χ0n) is 30.5. The Morgan fingerprint density at radius 3 is 1.30 bits per heavy atom. The van der Waals surface area contributed by atoms with Gasteiger partial charge in [-0.1, -0.05) is 104 Å². The van der Waals surface area contributed by atoms with Gasteiger partial charge in [0.1, 0.15) is 11.1 Å². The van der Waals surface area contributed by atoms with Crippen LogP contribution in [0.4, 0.5) is 0 Å². The van der Waals surface area contributed by atoms with Gasteiger partial charge in [0, 0.05) is 45.7 Å². The van der Waals surface area contributed by atoms with E-state index in [0.29, 0.717) is 31.0 Å². The maximum absolute atomic E-state index is 10.7. The van der Waals surface area contributed by atoms with Crippen LogP contribution in [0.3, 0.4) is 0 Å². The molecule has 0 radical (unpaired) electrons. The Balaban J connectivity index is 0.000000238. The predicted molar refractivity (Wildman–Crippen MR) is 201 cm³/mol. The molecule has 2 heterocycles. The number of benzene rings is 3. The summed E-state index contributed by atoms with van der Waals surface area (Å²) in [5.74, 6) is -2.10. The van der Waals surface area contributed by atoms with Gasteiger partial charge in [0.2, 0.25) is 12.4 Å². The van der Waals surface area contributed by atoms with E-state index in [9.17, 15) is 19.6 Å². The zero-order chi connectivity index (χ0) is 39.3. The summed E-state index contributed by atoms with van der Waals surface area (Å²) in [6.45, 7) is 11.7. The molecule has 0 unspecified atom stereocenters. The van der Waals surface area contributed by atoms with E-state index in [1.807, 2.05) is 68.4 Å². The van der Waals surface area contributed by atoms with Crippen molar-refractivity contribution in [2.24, 2.45) is 0 Å². The SMILES string of the molecule is C=C(C(=O)O)c1cccc[n+]1OCC.C=C(C(=O)O)c1cccc[n+]1OCC.[O-]B([O-])OCCCC(c1ccccc1)(c1ccccc1)c1ccccc1. The van der Waals surface area contributed by atoms with Crippen molar-refractivity contribution in [3.8, 4) is 0 Å². The zero-order valence-corrected chi connectivity index (χ0v) is 30.5. The maximum atomic E-state index is 10.7. The van der Waals surface area contributed by atoms with Gasteiger partial charge in [0.25, 0.3) is 11.4 Å². The summed E-state index contributed by atoms with van der Waals surface area (Å²) in [6.07, 6.45) is 4.64. The highest BCUT2D eigenvalue weighted by Gasteiger charge is 2.35. The number of nitrogens with zero attached hydrogens (tertiary/aromatic N) is 2. The molecule has 0 fully saturated rings. The van der Waals surface area contributed by atoms with Crippen molar-refractivity contribution in [2.75, 3.05) is 19.8 Å². The van der Waals surface area contributed by atoms with Crippen LogP contribution in [0.5, 0.6) is 0 Å². The van der Waals surface area contributed by atoms with Crippen LogP contribution in [0.1, 0.15) is 54.8 Å². The summed E-state index contributed by atoms with van der Waals surface area (Å²) in [6, 6.07) is 41.3. The average Bonchev–Trinajstić information content (AvgIpc) is 3.19. The molecular formula is C42H45BN2O9. The molecule has 54 heavy (non-hydrogen) atoms. The largest absolute Gasteiger partial charge is 0.871 e. The summed E-state index contributed by atoms with van der Waals surface area (Å²) >= 11 is 0. The first-order valence-corrected chi connectivity index (χ1v) is 17.3. The van der Waals surface area contributed by atoms with Crippen molar-refractivity contribution in [3.63, 3.8) is 0 Å². The molecule has 5 aromatic rings. The molecule has 12 heteroatoms. The summed E-state index contributed by atoms with van der Waals surface area (Å²) in [5.41, 5.74) is 4.09. The third-order valence-electron chi connectivity index (χ3n) is 8.07. The van der Waals surface area contributed by atoms with E-state index in [2.05, 4.69) is 49.6 Å². The second-order valence-electron chi connectivity index (χ2n) is 11.5. The Bertz CT molecular complexity index is 1760. The molecule has 2 aromatic heterocycles. The number of pyridine rings is 2. The monoisotopic (exact) mass is 732 g/mol. The predicted octanol–water partition coefficient (Wildman–Crippen LogP) is 3.56. The van der Waals surface area contributed by atoms with E-state index in [1.54, 1.807) is 48.8 Å². The molecule has 280 valence electrons. The second kappa shape index (κ2) is 22.1. The van der Waals surface area contributed by atoms with Gasteiger partial charge >= 0.3 is 11.9 Å². The van der Waals surface area contributed by atoms with Gasteiger partial charge in [-0.2, -0.15) is 0 Å². The smallest absolute Gasteiger partial charge is 0.342 e. The average molecular weight is 733 g/mol. The first-order valence-electron chi connectivity index (χ1n) is 17.3. The molecule has 0 aliphatic heterocycles. The quantitative estimate of drug-likeness (QED) is 0.0510. The number of hydrogen-bond acceptors (Lipinski definition) is 7. The fourth-order valence-electron chi connectivity index (χ4n) is 5.66. The molecular weight excluding hydrogens is 687 g/mol. The lowest BCUT2D eigenvalue weighted by Crippen LogP contribution is -2.48. The van der Waals surface area contributed by atoms with Crippen LogP contribution in [-0.2, 0) is 19.7 Å². The second-order valence-corrected chi connectivity index (χ2v) is 11.5. The van der Waals surface area contributed by atoms with E-state index in [1.165, 1.54) is 26.2 Å². The number of rotatable bonds is 16. The molecule has 0 atom stereocenters. The van der Waals surface area contributed by atoms with Gasteiger partial charge in [-0.3, -0.25) is 9.68 Å². The number of aliphatic carboxylic acids is 2. The third-order valence-corrected chi connectivity index (χ3v) is 8.07. The molecule has 0 bridgehead atoms. The molecule has 0 saturated carbocycles. The maximum Gasteiger partial charge on any atom is 0.342 e. The molecule has 5 rings (SSSR count). The standard InChI is InChI=1S/C22H21BO3.2C10H11NO3/c24-23(25)26-18-10-17-22(19-11-4-1-5-12-19,20-13-6-2-7-14-20)21-15-8-3-9-16-21;2*1-3-14-11-7-5-4-6-9(11)8(2)10(12)13/h1-9,11-16H,10,17-18H2;2*4-7H,2-3H2,1H3/q-2;;/p+2. The lowest BCUT2D eigenvalue weighted by Gasteiger charge is -2.37. The summed E-state index contributed by atoms with van der Waals surface area (Å²) in [7, 11) is -2.23. The van der Waals surface area contributed by atoms with Gasteiger partial charge in [0.15, 0.2) is 13.2 Å². The number of aromatic nitrogens is 2. The van der Waals surface area contributed by atoms with E-state index in [4.69, 9.17) is 24.5 Å². The van der Waals surface area contributed by atoms with E-state index < -0.39 is 19.3 Å². The molecule has 0 aliphatic carbocycles. The van der Waals surface area contributed by atoms with E-state index in [-0.39, 0.29) is 23.2 Å². The van der Waals surface area contributed by atoms with Crippen LogP contribution < -0.4 is 29.2 Å². The van der Waals surface area contributed by atoms with Gasteiger partial charge < -0.3 is 24.9 Å². The molecule has 0 saturated heterocycles. The van der Waals surface area contributed by atoms with Gasteiger partial charge in [-0.15, -0.1) is 0 Å². The lowest BCUT2D eigenvalue weighted by atomic mass is 9.67. The number of hydrogen-bond donors (Lipinski definition) is 2. The Morgan fingerprint density at radius 1 is 0.630 bits per heavy atom. The lowest BCUT2D eigenvalue weighted by molar-refractivity contribution is -0.892. The minimum atomic E-state index is -2.23. The fraction of sp³-hybridized carbons (Fsp3) is 0.190. The molecule has 0 amide bonds. The Labute approximate surface area is 316 Å². The topological polar surface area (TPSA) is 156 Å². The van der Waals surface area contributed by atoms with Crippen LogP contribution in [0.15, 0.2) is 153 Å². The summed E-state index contributed by atoms with van der Waals surface area (Å²) < 4.78 is 7.53. The summed E-state index contributed by atoms with van der Waals surface area (Å²) in [4.78, 5) is 31.8. The summed E-state index contributed by atoms with van der Waals surface area (Å²) in [5, 5.41) is 38.9. The van der Waals surface area contributed by atoms with Crippen molar-refractivity contribution in [2.45, 2.75) is 32.1 Å². The van der Waals surface area contributed by atoms with Gasteiger partial charge in [-0.25, -0.2) is 9.59 Å². The highest BCUT2D eigenvalue weighted by Crippen LogP contribution is 2.42. The van der Waals surface area contributed by atoms with Crippen molar-refractivity contribution in [1.82, 2.24) is 0 Å². The number of carbonyl (C=O) groups is 2. The van der Waals surface area contributed by atoms with E-state index >= 15 is 0 Å². The minimum absolute atomic E-state index is 0.0130.